The van der Waals surface area contributed by atoms with Gasteiger partial charge in [-0.25, -0.2) is 0 Å². The second-order valence-electron chi connectivity index (χ2n) is 6.70. The van der Waals surface area contributed by atoms with Crippen LogP contribution in [0.1, 0.15) is 17.5 Å². The highest BCUT2D eigenvalue weighted by Gasteiger charge is 2.13. The van der Waals surface area contributed by atoms with E-state index in [9.17, 15) is 4.79 Å². The van der Waals surface area contributed by atoms with Crippen molar-refractivity contribution in [2.24, 2.45) is 5.73 Å². The van der Waals surface area contributed by atoms with Crippen LogP contribution in [0.3, 0.4) is 0 Å². The van der Waals surface area contributed by atoms with Crippen molar-refractivity contribution in [1.82, 2.24) is 10.2 Å². The van der Waals surface area contributed by atoms with Crippen LogP contribution in [-0.2, 0) is 17.9 Å². The molecule has 4 nitrogen and oxygen atoms in total. The zero-order valence-corrected chi connectivity index (χ0v) is 16.7. The van der Waals surface area contributed by atoms with Gasteiger partial charge in [-0.2, -0.15) is 11.8 Å². The number of nitrogens with one attached hydrogen (secondary N) is 1. The monoisotopic (exact) mass is 371 g/mol. The van der Waals surface area contributed by atoms with Crippen LogP contribution in [0.15, 0.2) is 48.5 Å². The first kappa shape index (κ1) is 20.5. The van der Waals surface area contributed by atoms with Gasteiger partial charge in [0.05, 0.1) is 6.04 Å². The highest BCUT2D eigenvalue weighted by Crippen LogP contribution is 2.24. The van der Waals surface area contributed by atoms with Crippen LogP contribution in [0.4, 0.5) is 0 Å². The predicted molar refractivity (Wildman–Crippen MR) is 112 cm³/mol. The molecule has 0 aliphatic rings. The van der Waals surface area contributed by atoms with Gasteiger partial charge in [0, 0.05) is 13.1 Å². The summed E-state index contributed by atoms with van der Waals surface area (Å²) in [5, 5.41) is 2.98. The van der Waals surface area contributed by atoms with Crippen LogP contribution in [0.2, 0.25) is 0 Å². The molecule has 0 aromatic heterocycles. The molecule has 2 aromatic carbocycles. The summed E-state index contributed by atoms with van der Waals surface area (Å²) < 4.78 is 0. The minimum atomic E-state index is -0.445. The molecule has 3 N–H and O–H groups in total. The number of nitrogens with two attached hydrogens (primary N) is 1. The average Bonchev–Trinajstić information content (AvgIpc) is 2.64. The SMILES string of the molecule is CSCCC(N)C(=O)NCc1ccccc1-c1ccc(CN(C)C)cc1. The molecule has 1 amide bonds. The fraction of sp³-hybridized carbons (Fsp3) is 0.381. The third-order valence-electron chi connectivity index (χ3n) is 4.20. The van der Waals surface area contributed by atoms with Crippen LogP contribution >= 0.6 is 11.8 Å². The van der Waals surface area contributed by atoms with E-state index < -0.39 is 6.04 Å². The van der Waals surface area contributed by atoms with Gasteiger partial charge in [-0.1, -0.05) is 48.5 Å². The fourth-order valence-corrected chi connectivity index (χ4v) is 3.29. The third-order valence-corrected chi connectivity index (χ3v) is 4.85. The standard InChI is InChI=1S/C21H29N3OS/c1-24(2)15-16-8-10-17(11-9-16)19-7-5-4-6-18(19)14-23-21(25)20(22)12-13-26-3/h4-11,20H,12-15,22H2,1-3H3,(H,23,25). The molecular weight excluding hydrogens is 342 g/mol. The molecule has 0 spiro atoms. The summed E-state index contributed by atoms with van der Waals surface area (Å²) in [7, 11) is 4.13. The Balaban J connectivity index is 2.06. The van der Waals surface area contributed by atoms with Gasteiger partial charge in [0.25, 0.3) is 0 Å². The summed E-state index contributed by atoms with van der Waals surface area (Å²) in [6, 6.07) is 16.3. The molecule has 1 atom stereocenters. The van der Waals surface area contributed by atoms with Gasteiger partial charge in [0.1, 0.15) is 0 Å². The Bertz CT molecular complexity index is 701. The molecule has 0 bridgehead atoms. The zero-order valence-electron chi connectivity index (χ0n) is 15.9. The van der Waals surface area contributed by atoms with E-state index in [0.717, 1.165) is 29.0 Å². The summed E-state index contributed by atoms with van der Waals surface area (Å²) in [5.41, 5.74) is 10.6. The summed E-state index contributed by atoms with van der Waals surface area (Å²) in [4.78, 5) is 14.3. The van der Waals surface area contributed by atoms with E-state index in [1.54, 1.807) is 11.8 Å². The first-order valence-electron chi connectivity index (χ1n) is 8.85. The van der Waals surface area contributed by atoms with Crippen molar-refractivity contribution >= 4 is 17.7 Å². The van der Waals surface area contributed by atoms with Crippen molar-refractivity contribution in [2.75, 3.05) is 26.1 Å². The van der Waals surface area contributed by atoms with E-state index in [1.165, 1.54) is 5.56 Å². The Morgan fingerprint density at radius 2 is 1.85 bits per heavy atom. The molecule has 5 heteroatoms. The molecule has 2 aromatic rings. The first-order chi connectivity index (χ1) is 12.5. The van der Waals surface area contributed by atoms with Gasteiger partial charge in [-0.3, -0.25) is 4.79 Å². The molecule has 0 aliphatic carbocycles. The van der Waals surface area contributed by atoms with Crippen LogP contribution in [0, 0.1) is 0 Å². The maximum absolute atomic E-state index is 12.2. The van der Waals surface area contributed by atoms with Gasteiger partial charge < -0.3 is 16.0 Å². The molecular formula is C21H29N3OS. The number of thioether (sulfide) groups is 1. The Labute approximate surface area is 161 Å². The molecule has 0 saturated heterocycles. The van der Waals surface area contributed by atoms with E-state index in [1.807, 2.05) is 18.4 Å². The number of carbonyl (C=O) groups is 1. The number of benzene rings is 2. The number of hydrogen-bond acceptors (Lipinski definition) is 4. The van der Waals surface area contributed by atoms with Crippen molar-refractivity contribution < 1.29 is 4.79 Å². The Morgan fingerprint density at radius 1 is 1.15 bits per heavy atom. The summed E-state index contributed by atoms with van der Waals surface area (Å²) in [5.74, 6) is 0.806. The van der Waals surface area contributed by atoms with Gasteiger partial charge in [0.15, 0.2) is 0 Å². The molecule has 1 unspecified atom stereocenters. The minimum Gasteiger partial charge on any atom is -0.351 e. The second-order valence-corrected chi connectivity index (χ2v) is 7.68. The van der Waals surface area contributed by atoms with Crippen LogP contribution in [-0.4, -0.2) is 43.0 Å². The van der Waals surface area contributed by atoms with E-state index in [0.29, 0.717) is 13.0 Å². The number of rotatable bonds is 9. The molecule has 0 heterocycles. The van der Waals surface area contributed by atoms with E-state index in [-0.39, 0.29) is 5.91 Å². The maximum atomic E-state index is 12.2. The molecule has 140 valence electrons. The summed E-state index contributed by atoms with van der Waals surface area (Å²) in [6.45, 7) is 1.41. The van der Waals surface area contributed by atoms with Crippen LogP contribution in [0.5, 0.6) is 0 Å². The van der Waals surface area contributed by atoms with Crippen LogP contribution in [0.25, 0.3) is 11.1 Å². The minimum absolute atomic E-state index is 0.0878. The topological polar surface area (TPSA) is 58.4 Å². The van der Waals surface area contributed by atoms with Crippen LogP contribution < -0.4 is 11.1 Å². The Morgan fingerprint density at radius 3 is 2.50 bits per heavy atom. The lowest BCUT2D eigenvalue weighted by Gasteiger charge is -2.15. The van der Waals surface area contributed by atoms with Crippen molar-refractivity contribution in [3.63, 3.8) is 0 Å². The molecule has 0 saturated carbocycles. The highest BCUT2D eigenvalue weighted by atomic mass is 32.2. The van der Waals surface area contributed by atoms with Gasteiger partial charge in [0.2, 0.25) is 5.91 Å². The summed E-state index contributed by atoms with van der Waals surface area (Å²) >= 11 is 1.70. The number of nitrogens with zero attached hydrogens (tertiary/aromatic N) is 1. The van der Waals surface area contributed by atoms with Gasteiger partial charge in [-0.15, -0.1) is 0 Å². The van der Waals surface area contributed by atoms with Crippen molar-refractivity contribution in [1.29, 1.82) is 0 Å². The Hall–Kier alpha value is -1.82. The lowest BCUT2D eigenvalue weighted by atomic mass is 9.98. The highest BCUT2D eigenvalue weighted by molar-refractivity contribution is 7.98. The lowest BCUT2D eigenvalue weighted by Crippen LogP contribution is -2.40. The normalized spacial score (nSPS) is 12.2. The summed E-state index contributed by atoms with van der Waals surface area (Å²) in [6.07, 6.45) is 2.71. The quantitative estimate of drug-likeness (QED) is 0.711. The van der Waals surface area contributed by atoms with E-state index >= 15 is 0 Å². The second kappa shape index (κ2) is 10.4. The smallest absolute Gasteiger partial charge is 0.237 e. The first-order valence-corrected chi connectivity index (χ1v) is 10.2. The predicted octanol–water partition coefficient (Wildman–Crippen LogP) is 3.11. The number of hydrogen-bond donors (Lipinski definition) is 2. The molecule has 0 radical (unpaired) electrons. The largest absolute Gasteiger partial charge is 0.351 e. The third kappa shape index (κ3) is 6.16. The van der Waals surface area contributed by atoms with Gasteiger partial charge >= 0.3 is 0 Å². The number of amides is 1. The molecule has 0 aliphatic heterocycles. The van der Waals surface area contributed by atoms with Crippen molar-refractivity contribution in [2.45, 2.75) is 25.6 Å². The molecule has 0 fully saturated rings. The fourth-order valence-electron chi connectivity index (χ4n) is 2.80. The molecule has 2 rings (SSSR count). The zero-order chi connectivity index (χ0) is 18.9. The Kier molecular flexibility index (Phi) is 8.16. The van der Waals surface area contributed by atoms with Crippen molar-refractivity contribution in [3.05, 3.63) is 59.7 Å². The lowest BCUT2D eigenvalue weighted by molar-refractivity contribution is -0.122. The van der Waals surface area contributed by atoms with E-state index in [4.69, 9.17) is 5.73 Å². The number of carbonyl (C=O) groups excluding carboxylic acids is 1. The average molecular weight is 372 g/mol. The van der Waals surface area contributed by atoms with Gasteiger partial charge in [-0.05, 0) is 54.8 Å². The van der Waals surface area contributed by atoms with E-state index in [2.05, 4.69) is 60.7 Å². The van der Waals surface area contributed by atoms with Crippen molar-refractivity contribution in [3.8, 4) is 11.1 Å². The molecule has 26 heavy (non-hydrogen) atoms. The maximum Gasteiger partial charge on any atom is 0.237 e.